The van der Waals surface area contributed by atoms with Crippen molar-refractivity contribution in [3.05, 3.63) is 29.3 Å². The Kier molecular flexibility index (Phi) is 6.87. The Morgan fingerprint density at radius 2 is 2.00 bits per heavy atom. The van der Waals surface area contributed by atoms with E-state index in [2.05, 4.69) is 5.32 Å². The zero-order valence-electron chi connectivity index (χ0n) is 11.7. The highest BCUT2D eigenvalue weighted by molar-refractivity contribution is 6.33. The van der Waals surface area contributed by atoms with Gasteiger partial charge in [-0.1, -0.05) is 30.7 Å². The monoisotopic (exact) mass is 298 g/mol. The molecule has 0 aromatic heterocycles. The number of halogens is 1. The van der Waals surface area contributed by atoms with Gasteiger partial charge in [0.05, 0.1) is 17.3 Å². The number of benzene rings is 1. The summed E-state index contributed by atoms with van der Waals surface area (Å²) in [7, 11) is 0. The summed E-state index contributed by atoms with van der Waals surface area (Å²) in [4.78, 5) is 25.0. The number of hydrogen-bond acceptors (Lipinski definition) is 3. The Balaban J connectivity index is 2.69. The largest absolute Gasteiger partial charge is 0.465 e. The third kappa shape index (κ3) is 5.09. The molecule has 2 amide bonds. The highest BCUT2D eigenvalue weighted by Crippen LogP contribution is 2.20. The van der Waals surface area contributed by atoms with E-state index in [1.807, 2.05) is 6.92 Å². The van der Waals surface area contributed by atoms with Crippen LogP contribution in [0, 0.1) is 0 Å². The molecule has 0 radical (unpaired) electrons. The number of anilines is 1. The second-order valence-corrected chi connectivity index (χ2v) is 4.54. The summed E-state index contributed by atoms with van der Waals surface area (Å²) in [6, 6.07) is 6.58. The maximum atomic E-state index is 12.1. The van der Waals surface area contributed by atoms with Crippen molar-refractivity contribution in [3.63, 3.8) is 0 Å². The molecule has 0 aliphatic heterocycles. The van der Waals surface area contributed by atoms with Gasteiger partial charge in [-0.3, -0.25) is 4.79 Å². The van der Waals surface area contributed by atoms with Crippen LogP contribution in [-0.2, 0) is 9.53 Å². The number of carbonyl (C=O) groups is 2. The number of rotatable bonds is 6. The Hall–Kier alpha value is -1.75. The van der Waals surface area contributed by atoms with Gasteiger partial charge in [-0.05, 0) is 25.5 Å². The van der Waals surface area contributed by atoms with Crippen molar-refractivity contribution in [2.45, 2.75) is 20.3 Å². The molecule has 0 atom stereocenters. The number of hydrogen-bond donors (Lipinski definition) is 1. The van der Waals surface area contributed by atoms with Gasteiger partial charge in [-0.2, -0.15) is 0 Å². The van der Waals surface area contributed by atoms with Crippen molar-refractivity contribution in [2.24, 2.45) is 0 Å². The van der Waals surface area contributed by atoms with Gasteiger partial charge in [0.25, 0.3) is 0 Å². The summed E-state index contributed by atoms with van der Waals surface area (Å²) in [5.41, 5.74) is 0.518. The SMILES string of the molecule is CCCN(CC(=O)OCC)C(=O)Nc1ccccc1Cl. The van der Waals surface area contributed by atoms with Crippen LogP contribution in [0.15, 0.2) is 24.3 Å². The van der Waals surface area contributed by atoms with E-state index >= 15 is 0 Å². The molecule has 1 rings (SSSR count). The molecule has 6 heteroatoms. The lowest BCUT2D eigenvalue weighted by atomic mass is 10.3. The van der Waals surface area contributed by atoms with Crippen molar-refractivity contribution in [3.8, 4) is 0 Å². The van der Waals surface area contributed by atoms with E-state index < -0.39 is 5.97 Å². The molecule has 0 fully saturated rings. The topological polar surface area (TPSA) is 58.6 Å². The first-order valence-corrected chi connectivity index (χ1v) is 6.92. The van der Waals surface area contributed by atoms with Crippen molar-refractivity contribution in [1.82, 2.24) is 4.90 Å². The predicted octanol–water partition coefficient (Wildman–Crippen LogP) is 3.15. The van der Waals surface area contributed by atoms with Crippen LogP contribution in [-0.4, -0.2) is 36.6 Å². The summed E-state index contributed by atoms with van der Waals surface area (Å²) < 4.78 is 4.86. The zero-order chi connectivity index (χ0) is 15.0. The Morgan fingerprint density at radius 3 is 2.60 bits per heavy atom. The van der Waals surface area contributed by atoms with Crippen LogP contribution in [0.5, 0.6) is 0 Å². The third-order valence-electron chi connectivity index (χ3n) is 2.52. The number of esters is 1. The van der Waals surface area contributed by atoms with Crippen molar-refractivity contribution in [2.75, 3.05) is 25.0 Å². The number of para-hydroxylation sites is 1. The molecule has 1 N–H and O–H groups in total. The maximum absolute atomic E-state index is 12.1. The van der Waals surface area contributed by atoms with Gasteiger partial charge < -0.3 is 15.0 Å². The molecule has 0 spiro atoms. The van der Waals surface area contributed by atoms with Crippen molar-refractivity contribution < 1.29 is 14.3 Å². The van der Waals surface area contributed by atoms with Crippen LogP contribution in [0.2, 0.25) is 5.02 Å². The molecular formula is C14H19ClN2O3. The highest BCUT2D eigenvalue weighted by Gasteiger charge is 2.17. The average Bonchev–Trinajstić information content (AvgIpc) is 2.41. The van der Waals surface area contributed by atoms with Gasteiger partial charge in [0.15, 0.2) is 0 Å². The number of ether oxygens (including phenoxy) is 1. The van der Waals surface area contributed by atoms with Gasteiger partial charge in [0.1, 0.15) is 6.54 Å². The summed E-state index contributed by atoms with van der Waals surface area (Å²) in [5.74, 6) is -0.421. The summed E-state index contributed by atoms with van der Waals surface area (Å²) in [5, 5.41) is 3.14. The zero-order valence-corrected chi connectivity index (χ0v) is 12.4. The first-order chi connectivity index (χ1) is 9.58. The second-order valence-electron chi connectivity index (χ2n) is 4.14. The van der Waals surface area contributed by atoms with Gasteiger partial charge in [0, 0.05) is 6.54 Å². The average molecular weight is 299 g/mol. The summed E-state index contributed by atoms with van der Waals surface area (Å²) >= 11 is 5.98. The molecule has 110 valence electrons. The Morgan fingerprint density at radius 1 is 1.30 bits per heavy atom. The van der Waals surface area contributed by atoms with E-state index in [0.717, 1.165) is 6.42 Å². The lowest BCUT2D eigenvalue weighted by Crippen LogP contribution is -2.39. The van der Waals surface area contributed by atoms with Gasteiger partial charge in [-0.15, -0.1) is 0 Å². The number of nitrogens with one attached hydrogen (secondary N) is 1. The Bertz CT molecular complexity index is 465. The van der Waals surface area contributed by atoms with Crippen LogP contribution in [0.25, 0.3) is 0 Å². The predicted molar refractivity (Wildman–Crippen MR) is 79.0 cm³/mol. The van der Waals surface area contributed by atoms with Crippen LogP contribution < -0.4 is 5.32 Å². The number of carbonyl (C=O) groups excluding carboxylic acids is 2. The third-order valence-corrected chi connectivity index (χ3v) is 2.85. The van der Waals surface area contributed by atoms with E-state index in [1.54, 1.807) is 31.2 Å². The summed E-state index contributed by atoms with van der Waals surface area (Å²) in [6.07, 6.45) is 0.745. The quantitative estimate of drug-likeness (QED) is 0.821. The fraction of sp³-hybridized carbons (Fsp3) is 0.429. The maximum Gasteiger partial charge on any atom is 0.325 e. The second kappa shape index (κ2) is 8.43. The molecule has 5 nitrogen and oxygen atoms in total. The molecular weight excluding hydrogens is 280 g/mol. The molecule has 0 aliphatic carbocycles. The smallest absolute Gasteiger partial charge is 0.325 e. The molecule has 20 heavy (non-hydrogen) atoms. The van der Waals surface area contributed by atoms with Gasteiger partial charge in [0.2, 0.25) is 0 Å². The molecule has 1 aromatic carbocycles. The van der Waals surface area contributed by atoms with E-state index in [4.69, 9.17) is 16.3 Å². The minimum absolute atomic E-state index is 0.0715. The highest BCUT2D eigenvalue weighted by atomic mass is 35.5. The molecule has 0 bridgehead atoms. The molecule has 0 aliphatic rings. The first-order valence-electron chi connectivity index (χ1n) is 6.54. The molecule has 0 unspecified atom stereocenters. The van der Waals surface area contributed by atoms with Crippen LogP contribution in [0.3, 0.4) is 0 Å². The van der Waals surface area contributed by atoms with Gasteiger partial charge in [-0.25, -0.2) is 4.79 Å². The molecule has 0 saturated carbocycles. The molecule has 1 aromatic rings. The van der Waals surface area contributed by atoms with Crippen LogP contribution in [0.4, 0.5) is 10.5 Å². The lowest BCUT2D eigenvalue weighted by molar-refractivity contribution is -0.143. The molecule has 0 heterocycles. The van der Waals surface area contributed by atoms with Crippen LogP contribution in [0.1, 0.15) is 20.3 Å². The first kappa shape index (κ1) is 16.3. The minimum Gasteiger partial charge on any atom is -0.465 e. The lowest BCUT2D eigenvalue weighted by Gasteiger charge is -2.21. The van der Waals surface area contributed by atoms with Crippen molar-refractivity contribution in [1.29, 1.82) is 0 Å². The van der Waals surface area contributed by atoms with Gasteiger partial charge >= 0.3 is 12.0 Å². The number of amides is 2. The van der Waals surface area contributed by atoms with Crippen LogP contribution >= 0.6 is 11.6 Å². The van der Waals surface area contributed by atoms with E-state index in [1.165, 1.54) is 4.90 Å². The normalized spacial score (nSPS) is 9.95. The minimum atomic E-state index is -0.421. The van der Waals surface area contributed by atoms with E-state index in [0.29, 0.717) is 23.9 Å². The fourth-order valence-corrected chi connectivity index (χ4v) is 1.82. The van der Waals surface area contributed by atoms with E-state index in [-0.39, 0.29) is 12.6 Å². The number of urea groups is 1. The summed E-state index contributed by atoms with van der Waals surface area (Å²) in [6.45, 7) is 4.35. The fourth-order valence-electron chi connectivity index (χ4n) is 1.64. The Labute approximate surface area is 123 Å². The van der Waals surface area contributed by atoms with E-state index in [9.17, 15) is 9.59 Å². The van der Waals surface area contributed by atoms with Crippen molar-refractivity contribution >= 4 is 29.3 Å². The standard InChI is InChI=1S/C14H19ClN2O3/c1-3-9-17(10-13(18)20-4-2)14(19)16-12-8-6-5-7-11(12)15/h5-8H,3-4,9-10H2,1-2H3,(H,16,19). The number of nitrogens with zero attached hydrogens (tertiary/aromatic N) is 1. The molecule has 0 saturated heterocycles.